The molecule has 4 N–H and O–H groups in total. The molecule has 9 rings (SSSR count). The molecule has 1 saturated carbocycles. The van der Waals surface area contributed by atoms with Crippen LogP contribution in [0.25, 0.3) is 32.6 Å². The van der Waals surface area contributed by atoms with E-state index in [2.05, 4.69) is 25.9 Å². The van der Waals surface area contributed by atoms with E-state index < -0.39 is 41.0 Å². The molecule has 6 atom stereocenters. The van der Waals surface area contributed by atoms with Crippen molar-refractivity contribution in [2.45, 2.75) is 136 Å². The average molecular weight is 1080 g/mol. The summed E-state index contributed by atoms with van der Waals surface area (Å²) in [6.45, 7) is 12.3. The number of aliphatic hydroxyl groups excluding tert-OH is 1. The molecule has 6 aromatic rings. The monoisotopic (exact) mass is 1080 g/mol. The van der Waals surface area contributed by atoms with Crippen LogP contribution in [-0.2, 0) is 19.1 Å². The maximum atomic E-state index is 14.5. The molecule has 0 spiro atoms. The van der Waals surface area contributed by atoms with Gasteiger partial charge in [0.2, 0.25) is 17.7 Å². The summed E-state index contributed by atoms with van der Waals surface area (Å²) in [5.74, 6) is -0.781. The number of rotatable bonds is 16. The van der Waals surface area contributed by atoms with Crippen LogP contribution >= 0.6 is 34.5 Å². The number of amides is 4. The molecule has 18 heteroatoms. The number of aromatic nitrogens is 4. The summed E-state index contributed by atoms with van der Waals surface area (Å²) in [7, 11) is 0. The summed E-state index contributed by atoms with van der Waals surface area (Å²) in [6, 6.07) is 18.8. The molecule has 1 unspecified atom stereocenters. The Kier molecular flexibility index (Phi) is 16.3. The molecule has 15 nitrogen and oxygen atoms in total. The van der Waals surface area contributed by atoms with Gasteiger partial charge in [-0.1, -0.05) is 93.2 Å². The summed E-state index contributed by atoms with van der Waals surface area (Å²) >= 11 is 14.5. The van der Waals surface area contributed by atoms with Crippen molar-refractivity contribution in [1.29, 1.82) is 0 Å². The summed E-state index contributed by atoms with van der Waals surface area (Å²) in [5.41, 5.74) is 6.96. The fourth-order valence-corrected chi connectivity index (χ4v) is 12.4. The highest BCUT2D eigenvalue weighted by Gasteiger charge is 2.46. The van der Waals surface area contributed by atoms with E-state index in [0.717, 1.165) is 83.1 Å². The molecule has 0 bridgehead atoms. The van der Waals surface area contributed by atoms with Crippen LogP contribution in [0.1, 0.15) is 138 Å². The Hall–Kier alpha value is -5.91. The van der Waals surface area contributed by atoms with Crippen molar-refractivity contribution in [2.24, 2.45) is 10.8 Å². The van der Waals surface area contributed by atoms with Crippen molar-refractivity contribution in [2.75, 3.05) is 19.7 Å². The first-order valence-corrected chi connectivity index (χ1v) is 27.6. The Morgan fingerprint density at radius 1 is 0.933 bits per heavy atom. The van der Waals surface area contributed by atoms with Crippen molar-refractivity contribution in [1.82, 2.24) is 40.6 Å². The van der Waals surface area contributed by atoms with E-state index in [9.17, 15) is 24.3 Å². The number of halogens is 2. The van der Waals surface area contributed by atoms with Gasteiger partial charge >= 0.3 is 0 Å². The highest BCUT2D eigenvalue weighted by molar-refractivity contribution is 7.13. The van der Waals surface area contributed by atoms with E-state index in [-0.39, 0.29) is 55.9 Å². The van der Waals surface area contributed by atoms with E-state index in [1.807, 2.05) is 106 Å². The zero-order chi connectivity index (χ0) is 53.2. The molecular weight excluding hydrogens is 1010 g/mol. The fraction of sp³-hybridized carbons (Fsp3) is 0.456. The number of fused-ring (bicyclic) bond motifs is 1. The summed E-state index contributed by atoms with van der Waals surface area (Å²) < 4.78 is 14.5. The van der Waals surface area contributed by atoms with Gasteiger partial charge in [-0.3, -0.25) is 24.2 Å². The number of hydrogen-bond acceptors (Lipinski definition) is 11. The molecule has 396 valence electrons. The number of carbonyl (C=O) groups is 4. The van der Waals surface area contributed by atoms with Crippen LogP contribution in [0, 0.1) is 17.8 Å². The Balaban J connectivity index is 0.851. The molecule has 75 heavy (non-hydrogen) atoms. The van der Waals surface area contributed by atoms with Gasteiger partial charge in [0, 0.05) is 67.0 Å². The average Bonchev–Trinajstić information content (AvgIpc) is 4.21. The third-order valence-corrected chi connectivity index (χ3v) is 16.6. The first-order chi connectivity index (χ1) is 35.9. The minimum atomic E-state index is -0.982. The van der Waals surface area contributed by atoms with Crippen LogP contribution in [0.2, 0.25) is 10.0 Å². The highest BCUT2D eigenvalue weighted by Crippen LogP contribution is 2.42. The van der Waals surface area contributed by atoms with Gasteiger partial charge in [-0.15, -0.1) is 11.3 Å². The first kappa shape index (κ1) is 53.9. The van der Waals surface area contributed by atoms with Crippen LogP contribution in [-0.4, -0.2) is 91.3 Å². The minimum absolute atomic E-state index is 0.0299. The van der Waals surface area contributed by atoms with Crippen molar-refractivity contribution in [3.05, 3.63) is 117 Å². The molecule has 3 aromatic carbocycles. The van der Waals surface area contributed by atoms with Crippen molar-refractivity contribution < 1.29 is 33.8 Å². The summed E-state index contributed by atoms with van der Waals surface area (Å²) in [5, 5.41) is 26.9. The van der Waals surface area contributed by atoms with Crippen LogP contribution in [0.4, 0.5) is 0 Å². The lowest BCUT2D eigenvalue weighted by Gasteiger charge is -2.36. The zero-order valence-corrected chi connectivity index (χ0v) is 45.7. The zero-order valence-electron chi connectivity index (χ0n) is 43.3. The largest absolute Gasteiger partial charge is 0.486 e. The Bertz CT molecular complexity index is 3020. The van der Waals surface area contributed by atoms with Gasteiger partial charge in [0.15, 0.2) is 6.23 Å². The number of nitrogens with one attached hydrogen (secondary N) is 3. The second kappa shape index (κ2) is 22.7. The fourth-order valence-electron chi connectivity index (χ4n) is 10.9. The SMILES string of the molecule is Cc1ncsc1-c1ccc([C@H](C)NC(=O)[C@@H]2C[C@@H](O)CN2C(=O)[C@@H](NC(=O)CC2(CNC(=O)c3ccc(-c4nn(C5CCCCO5)c5ccc(O[C@H](C)c6c(Cl)cncc6Cl)cc45)cc3)CCCC2)C(C)(C)C)cc1. The lowest BCUT2D eigenvalue weighted by molar-refractivity contribution is -0.144. The number of β-amino-alcohol motifs (C(OH)–C–C–N with tert-alkyl or cyclic N) is 1. The van der Waals surface area contributed by atoms with Gasteiger partial charge in [-0.2, -0.15) is 5.10 Å². The first-order valence-electron chi connectivity index (χ1n) is 25.9. The van der Waals surface area contributed by atoms with Gasteiger partial charge in [0.05, 0.1) is 43.8 Å². The number of hydrogen-bond donors (Lipinski definition) is 4. The predicted molar refractivity (Wildman–Crippen MR) is 292 cm³/mol. The summed E-state index contributed by atoms with van der Waals surface area (Å²) in [6.07, 6.45) is 7.79. The normalized spacial score (nSPS) is 19.9. The van der Waals surface area contributed by atoms with E-state index in [0.29, 0.717) is 39.2 Å². The molecule has 2 aliphatic heterocycles. The number of nitrogens with zero attached hydrogens (tertiary/aromatic N) is 5. The molecular formula is C57H66Cl2N8O7S. The third-order valence-electron chi connectivity index (χ3n) is 15.0. The number of benzene rings is 3. The molecule has 2 saturated heterocycles. The second-order valence-corrected chi connectivity index (χ2v) is 23.3. The number of pyridine rings is 1. The number of aliphatic hydroxyl groups is 1. The molecule has 1 aliphatic carbocycles. The van der Waals surface area contributed by atoms with Gasteiger partial charge in [0.1, 0.15) is 29.6 Å². The van der Waals surface area contributed by atoms with E-state index >= 15 is 0 Å². The molecule has 3 aliphatic rings. The van der Waals surface area contributed by atoms with Crippen molar-refractivity contribution >= 4 is 69.1 Å². The number of likely N-dealkylation sites (tertiary alicyclic amines) is 1. The maximum Gasteiger partial charge on any atom is 0.251 e. The summed E-state index contributed by atoms with van der Waals surface area (Å²) in [4.78, 5) is 67.4. The standard InChI is InChI=1S/C57H66Cl2N8O7S/c1-33(36-12-16-38(17-13-36)51-34(2)62-32-75-51)63-54(71)46-25-40(68)30-66(46)55(72)52(56(4,5)6)64-47(69)27-57(22-8-9-23-57)31-61-53(70)39-18-14-37(15-19-39)50-42-26-41(74-35(3)49-43(58)28-60-29-44(49)59)20-21-45(42)67(65-50)48-11-7-10-24-73-48/h12-21,26,28-29,32-33,35,40,46,48,52,68H,7-11,22-25,27,30-31H2,1-6H3,(H,61,70)(H,63,71)(H,64,69)/t33-,35+,40+,46-,48?,52+/m0/s1. The molecule has 3 aromatic heterocycles. The van der Waals surface area contributed by atoms with E-state index in [1.165, 1.54) is 4.90 Å². The second-order valence-electron chi connectivity index (χ2n) is 21.6. The van der Waals surface area contributed by atoms with E-state index in [1.54, 1.807) is 35.9 Å². The smallest absolute Gasteiger partial charge is 0.251 e. The molecule has 5 heterocycles. The van der Waals surface area contributed by atoms with Crippen LogP contribution in [0.5, 0.6) is 5.75 Å². The topological polar surface area (TPSA) is 190 Å². The maximum absolute atomic E-state index is 14.5. The lowest BCUT2D eigenvalue weighted by Crippen LogP contribution is -2.58. The predicted octanol–water partition coefficient (Wildman–Crippen LogP) is 10.7. The number of carbonyl (C=O) groups excluding carboxylic acids is 4. The molecule has 0 radical (unpaired) electrons. The lowest BCUT2D eigenvalue weighted by atomic mass is 9.81. The highest BCUT2D eigenvalue weighted by atomic mass is 35.5. The van der Waals surface area contributed by atoms with E-state index in [4.69, 9.17) is 37.8 Å². The Morgan fingerprint density at radius 3 is 2.29 bits per heavy atom. The van der Waals surface area contributed by atoms with Crippen LogP contribution in [0.3, 0.4) is 0 Å². The quantitative estimate of drug-likeness (QED) is 0.0726. The van der Waals surface area contributed by atoms with Crippen molar-refractivity contribution in [3.8, 4) is 27.4 Å². The van der Waals surface area contributed by atoms with Gasteiger partial charge in [0.25, 0.3) is 5.91 Å². The number of aryl methyl sites for hydroxylation is 1. The van der Waals surface area contributed by atoms with Gasteiger partial charge in [-0.05, 0) is 105 Å². The number of ether oxygens (including phenoxy) is 2. The van der Waals surface area contributed by atoms with Crippen LogP contribution in [0.15, 0.2) is 84.6 Å². The third kappa shape index (κ3) is 12.1. The van der Waals surface area contributed by atoms with Crippen molar-refractivity contribution in [3.63, 3.8) is 0 Å². The molecule has 3 fully saturated rings. The van der Waals surface area contributed by atoms with Crippen LogP contribution < -0.4 is 20.7 Å². The number of thiazole rings is 1. The van der Waals surface area contributed by atoms with Gasteiger partial charge in [-0.25, -0.2) is 9.67 Å². The Labute approximate surface area is 452 Å². The minimum Gasteiger partial charge on any atom is -0.486 e. The van der Waals surface area contributed by atoms with Gasteiger partial charge < -0.3 is 35.4 Å². The molecule has 4 amide bonds. The Morgan fingerprint density at radius 2 is 1.64 bits per heavy atom.